The van der Waals surface area contributed by atoms with Crippen LogP contribution in [0.3, 0.4) is 0 Å². The number of nitriles is 1. The normalized spacial score (nSPS) is 10.9. The van der Waals surface area contributed by atoms with Crippen molar-refractivity contribution >= 4 is 29.4 Å². The van der Waals surface area contributed by atoms with Crippen LogP contribution < -0.4 is 5.32 Å². The molecule has 2 aromatic carbocycles. The molecule has 0 aliphatic heterocycles. The minimum absolute atomic E-state index is 0.147. The van der Waals surface area contributed by atoms with E-state index in [1.165, 1.54) is 24.5 Å². The first kappa shape index (κ1) is 19.8. The van der Waals surface area contributed by atoms with E-state index in [-0.39, 0.29) is 17.8 Å². The van der Waals surface area contributed by atoms with E-state index in [0.29, 0.717) is 15.6 Å². The lowest BCUT2D eigenvalue weighted by Gasteiger charge is -2.05. The maximum absolute atomic E-state index is 12.3. The van der Waals surface area contributed by atoms with Gasteiger partial charge >= 0.3 is 0 Å². The Labute approximate surface area is 169 Å². The van der Waals surface area contributed by atoms with Crippen LogP contribution in [0.4, 0.5) is 5.69 Å². The van der Waals surface area contributed by atoms with Gasteiger partial charge in [0.25, 0.3) is 11.6 Å². The quantitative estimate of drug-likeness (QED) is 0.266. The largest absolute Gasteiger partial charge is 0.347 e. The Morgan fingerprint density at radius 1 is 1.31 bits per heavy atom. The van der Waals surface area contributed by atoms with E-state index in [1.54, 1.807) is 6.07 Å². The maximum Gasteiger partial charge on any atom is 0.283 e. The van der Waals surface area contributed by atoms with Gasteiger partial charge in [-0.3, -0.25) is 20.0 Å². The van der Waals surface area contributed by atoms with Gasteiger partial charge in [-0.25, -0.2) is 4.98 Å². The first-order valence-electron chi connectivity index (χ1n) is 8.32. The summed E-state index contributed by atoms with van der Waals surface area (Å²) in [7, 11) is 0. The van der Waals surface area contributed by atoms with E-state index in [2.05, 4.69) is 20.5 Å². The van der Waals surface area contributed by atoms with Crippen molar-refractivity contribution in [2.24, 2.45) is 0 Å². The van der Waals surface area contributed by atoms with Crippen LogP contribution in [0.5, 0.6) is 0 Å². The molecule has 1 aromatic heterocycles. The Hall–Kier alpha value is -3.97. The first-order chi connectivity index (χ1) is 14.1. The van der Waals surface area contributed by atoms with Crippen molar-refractivity contribution < 1.29 is 9.72 Å². The molecule has 1 heterocycles. The summed E-state index contributed by atoms with van der Waals surface area (Å²) in [6.45, 7) is 0.269. The van der Waals surface area contributed by atoms with Crippen LogP contribution in [0.25, 0.3) is 6.08 Å². The average Bonchev–Trinajstić information content (AvgIpc) is 3.25. The predicted octanol–water partition coefficient (Wildman–Crippen LogP) is 3.09. The van der Waals surface area contributed by atoms with Crippen LogP contribution in [-0.4, -0.2) is 26.0 Å². The summed E-state index contributed by atoms with van der Waals surface area (Å²) in [5.41, 5.74) is 0.945. The van der Waals surface area contributed by atoms with E-state index >= 15 is 0 Å². The van der Waals surface area contributed by atoms with E-state index in [9.17, 15) is 20.2 Å². The predicted molar refractivity (Wildman–Crippen MR) is 105 cm³/mol. The fraction of sp³-hybridized carbons (Fsp3) is 0.0526. The topological polar surface area (TPSA) is 138 Å². The fourth-order valence-corrected chi connectivity index (χ4v) is 3.17. The number of amides is 1. The van der Waals surface area contributed by atoms with Gasteiger partial charge in [-0.15, -0.1) is 0 Å². The summed E-state index contributed by atoms with van der Waals surface area (Å²) >= 11 is 1.06. The van der Waals surface area contributed by atoms with Crippen LogP contribution >= 0.6 is 11.8 Å². The van der Waals surface area contributed by atoms with Crippen molar-refractivity contribution in [2.75, 3.05) is 0 Å². The molecular weight excluding hydrogens is 392 g/mol. The molecule has 3 aromatic rings. The zero-order chi connectivity index (χ0) is 20.6. The van der Waals surface area contributed by atoms with E-state index in [1.807, 2.05) is 36.4 Å². The number of hydrogen-bond donors (Lipinski definition) is 2. The number of benzene rings is 2. The second kappa shape index (κ2) is 9.29. The molecule has 0 saturated carbocycles. The number of hydrogen-bond acceptors (Lipinski definition) is 7. The number of carbonyl (C=O) groups is 1. The second-order valence-corrected chi connectivity index (χ2v) is 6.75. The van der Waals surface area contributed by atoms with Crippen molar-refractivity contribution in [2.45, 2.75) is 16.6 Å². The lowest BCUT2D eigenvalue weighted by Crippen LogP contribution is -2.23. The van der Waals surface area contributed by atoms with Gasteiger partial charge in [-0.2, -0.15) is 10.4 Å². The van der Waals surface area contributed by atoms with E-state index in [0.717, 1.165) is 17.3 Å². The molecule has 0 bridgehead atoms. The third-order valence-corrected chi connectivity index (χ3v) is 4.71. The van der Waals surface area contributed by atoms with Crippen LogP contribution in [0, 0.1) is 21.4 Å². The summed E-state index contributed by atoms with van der Waals surface area (Å²) in [6.07, 6.45) is 2.62. The van der Waals surface area contributed by atoms with Crippen LogP contribution in [0.1, 0.15) is 11.1 Å². The highest BCUT2D eigenvalue weighted by Gasteiger charge is 2.17. The van der Waals surface area contributed by atoms with Crippen molar-refractivity contribution in [1.29, 1.82) is 5.26 Å². The summed E-state index contributed by atoms with van der Waals surface area (Å²) in [5.74, 6) is -0.556. The molecule has 0 aliphatic rings. The van der Waals surface area contributed by atoms with Gasteiger partial charge in [0.1, 0.15) is 18.0 Å². The molecule has 0 unspecified atom stereocenters. The molecule has 0 fully saturated rings. The van der Waals surface area contributed by atoms with Gasteiger partial charge in [-0.1, -0.05) is 36.4 Å². The van der Waals surface area contributed by atoms with Gasteiger partial charge in [0.2, 0.25) is 0 Å². The molecule has 2 N–H and O–H groups in total. The first-order valence-corrected chi connectivity index (χ1v) is 9.14. The third kappa shape index (κ3) is 5.27. The van der Waals surface area contributed by atoms with Gasteiger partial charge in [0.05, 0.1) is 9.82 Å². The number of H-pyrrole nitrogens is 1. The number of rotatable bonds is 7. The highest BCUT2D eigenvalue weighted by Crippen LogP contribution is 2.33. The molecule has 144 valence electrons. The van der Waals surface area contributed by atoms with Crippen molar-refractivity contribution in [3.8, 4) is 6.07 Å². The van der Waals surface area contributed by atoms with Gasteiger partial charge in [0.15, 0.2) is 5.16 Å². The Balaban J connectivity index is 1.79. The van der Waals surface area contributed by atoms with Crippen molar-refractivity contribution in [3.63, 3.8) is 0 Å². The zero-order valence-electron chi connectivity index (χ0n) is 14.9. The minimum atomic E-state index is -0.556. The summed E-state index contributed by atoms with van der Waals surface area (Å²) in [6, 6.07) is 15.5. The van der Waals surface area contributed by atoms with Crippen LogP contribution in [0.15, 0.2) is 70.5 Å². The van der Waals surface area contributed by atoms with Gasteiger partial charge in [-0.05, 0) is 35.0 Å². The molecule has 29 heavy (non-hydrogen) atoms. The third-order valence-electron chi connectivity index (χ3n) is 3.75. The van der Waals surface area contributed by atoms with E-state index in [4.69, 9.17) is 0 Å². The highest BCUT2D eigenvalue weighted by atomic mass is 32.2. The lowest BCUT2D eigenvalue weighted by molar-refractivity contribution is -0.387. The number of nitrogens with one attached hydrogen (secondary N) is 2. The van der Waals surface area contributed by atoms with Crippen LogP contribution in [0.2, 0.25) is 0 Å². The smallest absolute Gasteiger partial charge is 0.283 e. The zero-order valence-corrected chi connectivity index (χ0v) is 15.7. The Morgan fingerprint density at radius 3 is 2.76 bits per heavy atom. The van der Waals surface area contributed by atoms with Crippen LogP contribution in [-0.2, 0) is 11.3 Å². The molecule has 3 rings (SSSR count). The molecule has 0 radical (unpaired) electrons. The number of nitro benzene ring substituents is 1. The lowest BCUT2D eigenvalue weighted by atomic mass is 10.1. The molecule has 1 amide bonds. The Bertz CT molecular complexity index is 1090. The van der Waals surface area contributed by atoms with Gasteiger partial charge in [0, 0.05) is 12.6 Å². The molecule has 9 nitrogen and oxygen atoms in total. The number of aromatic nitrogens is 3. The monoisotopic (exact) mass is 406 g/mol. The number of carbonyl (C=O) groups excluding carboxylic acids is 1. The highest BCUT2D eigenvalue weighted by molar-refractivity contribution is 7.99. The van der Waals surface area contributed by atoms with Gasteiger partial charge < -0.3 is 5.32 Å². The number of aromatic amines is 1. The molecule has 0 spiro atoms. The fourth-order valence-electron chi connectivity index (χ4n) is 2.39. The summed E-state index contributed by atoms with van der Waals surface area (Å²) < 4.78 is 0. The maximum atomic E-state index is 12.3. The average molecular weight is 406 g/mol. The Morgan fingerprint density at radius 2 is 2.10 bits per heavy atom. The standard InChI is InChI=1S/C19H14N6O3S/c20-10-15(18(26)21-11-13-4-2-1-3-5-13)8-14-6-7-17(16(9-14)25(27)28)29-19-22-12-23-24-19/h1-9,12H,11H2,(H,21,26)(H,22,23,24)/b15-8+. The number of nitrogens with zero attached hydrogens (tertiary/aromatic N) is 4. The molecular formula is C19H14N6O3S. The molecule has 10 heteroatoms. The number of nitro groups is 1. The van der Waals surface area contributed by atoms with Crippen molar-refractivity contribution in [1.82, 2.24) is 20.5 Å². The molecule has 0 aliphatic carbocycles. The minimum Gasteiger partial charge on any atom is -0.347 e. The summed E-state index contributed by atoms with van der Waals surface area (Å²) in [5, 5.41) is 30.2. The SMILES string of the molecule is N#C/C(=C\c1ccc(Sc2ncn[nH]2)c([N+](=O)[O-])c1)C(=O)NCc1ccccc1. The summed E-state index contributed by atoms with van der Waals surface area (Å²) in [4.78, 5) is 27.5. The van der Waals surface area contributed by atoms with Crippen molar-refractivity contribution in [3.05, 3.63) is 81.7 Å². The molecule has 0 saturated heterocycles. The molecule has 0 atom stereocenters. The Kier molecular flexibility index (Phi) is 6.34. The van der Waals surface area contributed by atoms with E-state index < -0.39 is 10.8 Å². The second-order valence-electron chi connectivity index (χ2n) is 5.72.